The minimum Gasteiger partial charge on any atom is -0.454 e. The highest BCUT2D eigenvalue weighted by Gasteiger charge is 2.17. The van der Waals surface area contributed by atoms with Crippen molar-refractivity contribution < 1.29 is 9.47 Å². The van der Waals surface area contributed by atoms with Crippen LogP contribution in [0.4, 0.5) is 0 Å². The van der Waals surface area contributed by atoms with E-state index in [2.05, 4.69) is 58.6 Å². The van der Waals surface area contributed by atoms with E-state index in [-0.39, 0.29) is 0 Å². The summed E-state index contributed by atoms with van der Waals surface area (Å²) >= 11 is 2.00. The van der Waals surface area contributed by atoms with E-state index in [9.17, 15) is 0 Å². The van der Waals surface area contributed by atoms with Gasteiger partial charge >= 0.3 is 0 Å². The van der Waals surface area contributed by atoms with Gasteiger partial charge in [0.25, 0.3) is 0 Å². The summed E-state index contributed by atoms with van der Waals surface area (Å²) in [6.45, 7) is 3.67. The minimum atomic E-state index is 0.322. The fourth-order valence-electron chi connectivity index (χ4n) is 3.89. The second-order valence-electron chi connectivity index (χ2n) is 7.26. The molecule has 0 fully saturated rings. The zero-order chi connectivity index (χ0) is 18.8. The molecule has 0 atom stereocenters. The van der Waals surface area contributed by atoms with Crippen LogP contribution >= 0.6 is 11.8 Å². The Hall–Kier alpha value is -2.37. The van der Waals surface area contributed by atoms with Crippen molar-refractivity contribution >= 4 is 28.2 Å². The molecule has 0 spiro atoms. The summed E-state index contributed by atoms with van der Waals surface area (Å²) in [6, 6.07) is 14.9. The summed E-state index contributed by atoms with van der Waals surface area (Å²) in [4.78, 5) is 5.91. The minimum absolute atomic E-state index is 0.322. The van der Waals surface area contributed by atoms with Crippen molar-refractivity contribution in [3.8, 4) is 11.5 Å². The molecule has 28 heavy (non-hydrogen) atoms. The number of hydrogen-bond acceptors (Lipinski definition) is 4. The maximum absolute atomic E-state index is 5.52. The van der Waals surface area contributed by atoms with Crippen molar-refractivity contribution in [2.24, 2.45) is 0 Å². The van der Waals surface area contributed by atoms with Crippen LogP contribution in [0, 0.1) is 0 Å². The van der Waals surface area contributed by atoms with Crippen LogP contribution in [-0.4, -0.2) is 42.1 Å². The maximum Gasteiger partial charge on any atom is 0.231 e. The second kappa shape index (κ2) is 7.94. The quantitative estimate of drug-likeness (QED) is 0.604. The summed E-state index contributed by atoms with van der Waals surface area (Å²) < 4.78 is 11.0. The first-order valence-electron chi connectivity index (χ1n) is 9.81. The van der Waals surface area contributed by atoms with E-state index >= 15 is 0 Å². The van der Waals surface area contributed by atoms with Crippen LogP contribution in [0.5, 0.6) is 11.5 Å². The number of rotatable bonds is 6. The van der Waals surface area contributed by atoms with Gasteiger partial charge in [-0.2, -0.15) is 11.8 Å². The number of aromatic nitrogens is 1. The Kier molecular flexibility index (Phi) is 5.02. The lowest BCUT2D eigenvalue weighted by molar-refractivity contribution is 0.174. The Labute approximate surface area is 169 Å². The zero-order valence-corrected chi connectivity index (χ0v) is 16.6. The fourth-order valence-corrected chi connectivity index (χ4v) is 4.88. The number of H-pyrrole nitrogens is 1. The molecule has 0 bridgehead atoms. The standard InChI is InChI=1S/C23H24N2O2S/c1-2-4-17(5-3-1)18-6-8-25(9-7-18)10-11-28-15-19-14-24-21-13-23-22(12-20(19)21)26-16-27-23/h1-6,12-14,24H,7-11,15-16H2. The molecule has 3 heterocycles. The number of nitrogens with one attached hydrogen (secondary N) is 1. The molecular formula is C23H24N2O2S. The van der Waals surface area contributed by atoms with Crippen LogP contribution in [0.2, 0.25) is 0 Å². The van der Waals surface area contributed by atoms with Crippen LogP contribution in [-0.2, 0) is 5.75 Å². The number of nitrogens with zero attached hydrogens (tertiary/aromatic N) is 1. The first-order chi connectivity index (χ1) is 13.9. The van der Waals surface area contributed by atoms with Gasteiger partial charge in [-0.05, 0) is 29.2 Å². The van der Waals surface area contributed by atoms with Gasteiger partial charge in [-0.25, -0.2) is 0 Å². The highest BCUT2D eigenvalue weighted by molar-refractivity contribution is 7.98. The molecular weight excluding hydrogens is 368 g/mol. The summed E-state index contributed by atoms with van der Waals surface area (Å²) in [5.41, 5.74) is 5.32. The molecule has 1 aromatic heterocycles. The molecule has 0 unspecified atom stereocenters. The second-order valence-corrected chi connectivity index (χ2v) is 8.37. The molecule has 3 aromatic rings. The van der Waals surface area contributed by atoms with Crippen LogP contribution in [0.15, 0.2) is 54.7 Å². The predicted octanol–water partition coefficient (Wildman–Crippen LogP) is 4.92. The number of fused-ring (bicyclic) bond motifs is 2. The molecule has 0 aliphatic carbocycles. The van der Waals surface area contributed by atoms with Gasteiger partial charge in [0.1, 0.15) is 0 Å². The van der Waals surface area contributed by atoms with Crippen molar-refractivity contribution in [1.82, 2.24) is 9.88 Å². The topological polar surface area (TPSA) is 37.5 Å². The van der Waals surface area contributed by atoms with E-state index in [1.807, 2.05) is 17.8 Å². The maximum atomic E-state index is 5.52. The average molecular weight is 393 g/mol. The highest BCUT2D eigenvalue weighted by Crippen LogP contribution is 2.37. The Morgan fingerprint density at radius 3 is 2.75 bits per heavy atom. The highest BCUT2D eigenvalue weighted by atomic mass is 32.2. The van der Waals surface area contributed by atoms with Crippen molar-refractivity contribution in [3.05, 3.63) is 65.9 Å². The van der Waals surface area contributed by atoms with E-state index in [4.69, 9.17) is 9.47 Å². The Balaban J connectivity index is 1.13. The lowest BCUT2D eigenvalue weighted by Crippen LogP contribution is -2.30. The normalized spacial score (nSPS) is 16.5. The van der Waals surface area contributed by atoms with E-state index in [0.29, 0.717) is 6.79 Å². The van der Waals surface area contributed by atoms with Crippen LogP contribution in [0.1, 0.15) is 17.5 Å². The molecule has 0 radical (unpaired) electrons. The molecule has 0 saturated carbocycles. The molecule has 144 valence electrons. The van der Waals surface area contributed by atoms with Crippen molar-refractivity contribution in [2.75, 3.05) is 32.2 Å². The third-order valence-electron chi connectivity index (χ3n) is 5.51. The van der Waals surface area contributed by atoms with Crippen molar-refractivity contribution in [1.29, 1.82) is 0 Å². The van der Waals surface area contributed by atoms with Gasteiger partial charge in [-0.3, -0.25) is 4.90 Å². The van der Waals surface area contributed by atoms with Gasteiger partial charge in [0, 0.05) is 54.3 Å². The molecule has 0 amide bonds. The van der Waals surface area contributed by atoms with Gasteiger partial charge < -0.3 is 14.5 Å². The summed E-state index contributed by atoms with van der Waals surface area (Å²) in [5, 5.41) is 1.24. The summed E-state index contributed by atoms with van der Waals surface area (Å²) in [6.07, 6.45) is 5.65. The van der Waals surface area contributed by atoms with Gasteiger partial charge in [0.15, 0.2) is 11.5 Å². The molecule has 5 rings (SSSR count). The number of benzene rings is 2. The molecule has 5 heteroatoms. The van der Waals surface area contributed by atoms with E-state index < -0.39 is 0 Å². The third-order valence-corrected chi connectivity index (χ3v) is 6.49. The summed E-state index contributed by atoms with van der Waals surface area (Å²) in [7, 11) is 0. The summed E-state index contributed by atoms with van der Waals surface area (Å²) in [5.74, 6) is 3.85. The molecule has 4 nitrogen and oxygen atoms in total. The SMILES string of the molecule is C1=C(c2ccccc2)CCN(CCSCc2c[nH]c3cc4c(cc23)OCO4)C1. The average Bonchev–Trinajstić information content (AvgIpc) is 3.37. The van der Waals surface area contributed by atoms with Crippen LogP contribution in [0.3, 0.4) is 0 Å². The predicted molar refractivity (Wildman–Crippen MR) is 116 cm³/mol. The lowest BCUT2D eigenvalue weighted by atomic mass is 10.00. The van der Waals surface area contributed by atoms with Crippen LogP contribution in [0.25, 0.3) is 16.5 Å². The van der Waals surface area contributed by atoms with Crippen molar-refractivity contribution in [3.63, 3.8) is 0 Å². The molecule has 0 saturated heterocycles. The van der Waals surface area contributed by atoms with Gasteiger partial charge in [0.05, 0.1) is 0 Å². The number of ether oxygens (including phenoxy) is 2. The first-order valence-corrected chi connectivity index (χ1v) is 11.0. The number of hydrogen-bond donors (Lipinski definition) is 1. The van der Waals surface area contributed by atoms with Crippen molar-refractivity contribution in [2.45, 2.75) is 12.2 Å². The fraction of sp³-hybridized carbons (Fsp3) is 0.304. The van der Waals surface area contributed by atoms with E-state index in [1.165, 1.54) is 22.1 Å². The molecule has 2 aromatic carbocycles. The largest absolute Gasteiger partial charge is 0.454 e. The Bertz CT molecular complexity index is 997. The Morgan fingerprint density at radius 1 is 1.07 bits per heavy atom. The zero-order valence-electron chi connectivity index (χ0n) is 15.8. The van der Waals surface area contributed by atoms with Crippen LogP contribution < -0.4 is 9.47 Å². The van der Waals surface area contributed by atoms with Gasteiger partial charge in [-0.15, -0.1) is 0 Å². The van der Waals surface area contributed by atoms with Gasteiger partial charge in [0.2, 0.25) is 6.79 Å². The molecule has 1 N–H and O–H groups in total. The first kappa shape index (κ1) is 17.7. The van der Waals surface area contributed by atoms with E-state index in [0.717, 1.165) is 54.6 Å². The van der Waals surface area contributed by atoms with E-state index in [1.54, 1.807) is 0 Å². The molecule has 2 aliphatic rings. The lowest BCUT2D eigenvalue weighted by Gasteiger charge is -2.26. The number of aromatic amines is 1. The number of thioether (sulfide) groups is 1. The Morgan fingerprint density at radius 2 is 1.93 bits per heavy atom. The monoisotopic (exact) mass is 392 g/mol. The smallest absolute Gasteiger partial charge is 0.231 e. The van der Waals surface area contributed by atoms with Gasteiger partial charge in [-0.1, -0.05) is 36.4 Å². The third kappa shape index (κ3) is 3.64. The molecule has 2 aliphatic heterocycles.